The molecule has 0 spiro atoms. The van der Waals surface area contributed by atoms with E-state index < -0.39 is 0 Å². The molecule has 0 nitrogen and oxygen atoms in total. The highest BCUT2D eigenvalue weighted by Gasteiger charge is 2.22. The highest BCUT2D eigenvalue weighted by Crippen LogP contribution is 2.23. The zero-order valence-corrected chi connectivity index (χ0v) is 11.6. The SMILES string of the molecule is C[CH]S.SCC(CS)(CS)CS. The normalized spacial score (nSPS) is 10.5. The molecular weight excluding hydrogens is 244 g/mol. The maximum Gasteiger partial charge on any atom is 0.0102 e. The maximum absolute atomic E-state index is 4.19. The van der Waals surface area contributed by atoms with Gasteiger partial charge in [0.05, 0.1) is 0 Å². The van der Waals surface area contributed by atoms with E-state index in [1.807, 2.05) is 6.92 Å². The van der Waals surface area contributed by atoms with Crippen molar-refractivity contribution in [2.24, 2.45) is 5.41 Å². The summed E-state index contributed by atoms with van der Waals surface area (Å²) in [7, 11) is 0. The van der Waals surface area contributed by atoms with Gasteiger partial charge in [-0.05, 0) is 23.0 Å². The first-order chi connectivity index (χ1) is 5.66. The van der Waals surface area contributed by atoms with Crippen LogP contribution in [0.4, 0.5) is 0 Å². The molecule has 0 aromatic rings. The second kappa shape index (κ2) is 10.8. The van der Waals surface area contributed by atoms with Crippen LogP contribution in [0.1, 0.15) is 6.92 Å². The molecule has 0 aliphatic heterocycles. The fourth-order valence-electron chi connectivity index (χ4n) is 0.300. The van der Waals surface area contributed by atoms with Crippen LogP contribution in [0.3, 0.4) is 0 Å². The molecule has 0 aromatic carbocycles. The molecule has 0 aliphatic carbocycles. The summed E-state index contributed by atoms with van der Waals surface area (Å²) in [6.07, 6.45) is 0. The molecule has 0 rings (SSSR count). The van der Waals surface area contributed by atoms with Gasteiger partial charge >= 0.3 is 0 Å². The van der Waals surface area contributed by atoms with Crippen molar-refractivity contribution in [3.8, 4) is 0 Å². The third-order valence-electron chi connectivity index (χ3n) is 1.34. The number of rotatable bonds is 4. The van der Waals surface area contributed by atoms with Crippen LogP contribution in [0.25, 0.3) is 0 Å². The Morgan fingerprint density at radius 2 is 1.08 bits per heavy atom. The zero-order chi connectivity index (χ0) is 10.0. The van der Waals surface area contributed by atoms with Gasteiger partial charge in [0, 0.05) is 11.2 Å². The standard InChI is InChI=1S/C5H12S4.C2H5S/c6-1-5(2-7,3-8)4-9;1-2-3/h6-9H,1-4H2;2-3H,1H3. The maximum atomic E-state index is 4.19. The topological polar surface area (TPSA) is 0 Å². The summed E-state index contributed by atoms with van der Waals surface area (Å²) >= 11 is 20.4. The average molecular weight is 262 g/mol. The molecule has 0 saturated carbocycles. The summed E-state index contributed by atoms with van der Waals surface area (Å²) in [5, 5.41) is 0. The second-order valence-electron chi connectivity index (χ2n) is 2.39. The Bertz CT molecular complexity index is 64.4. The van der Waals surface area contributed by atoms with Gasteiger partial charge in [-0.25, -0.2) is 0 Å². The van der Waals surface area contributed by atoms with Crippen molar-refractivity contribution in [3.05, 3.63) is 5.75 Å². The fraction of sp³-hybridized carbons (Fsp3) is 0.857. The average Bonchev–Trinajstić information content (AvgIpc) is 2.11. The van der Waals surface area contributed by atoms with Gasteiger partial charge in [0.15, 0.2) is 0 Å². The Kier molecular flexibility index (Phi) is 14.6. The Balaban J connectivity index is 0. The Morgan fingerprint density at radius 3 is 1.08 bits per heavy atom. The van der Waals surface area contributed by atoms with Crippen molar-refractivity contribution in [1.29, 1.82) is 0 Å². The van der Waals surface area contributed by atoms with Crippen molar-refractivity contribution in [3.63, 3.8) is 0 Å². The predicted molar refractivity (Wildman–Crippen MR) is 76.8 cm³/mol. The number of hydrogen-bond acceptors (Lipinski definition) is 5. The molecule has 0 bridgehead atoms. The second-order valence-corrected chi connectivity index (χ2v) is 4.17. The number of thiol groups is 5. The quantitative estimate of drug-likeness (QED) is 0.472. The Labute approximate surface area is 104 Å². The van der Waals surface area contributed by atoms with Crippen LogP contribution < -0.4 is 0 Å². The predicted octanol–water partition coefficient (Wildman–Crippen LogP) is 2.79. The van der Waals surface area contributed by atoms with E-state index in [1.54, 1.807) is 5.75 Å². The van der Waals surface area contributed by atoms with Gasteiger partial charge in [-0.15, -0.1) is 0 Å². The summed E-state index contributed by atoms with van der Waals surface area (Å²) in [5.74, 6) is 4.93. The highest BCUT2D eigenvalue weighted by atomic mass is 32.1. The molecule has 75 valence electrons. The van der Waals surface area contributed by atoms with E-state index in [-0.39, 0.29) is 5.41 Å². The van der Waals surface area contributed by atoms with Crippen LogP contribution >= 0.6 is 63.1 Å². The minimum Gasteiger partial charge on any atom is -0.179 e. The van der Waals surface area contributed by atoms with Crippen molar-refractivity contribution >= 4 is 63.1 Å². The van der Waals surface area contributed by atoms with Gasteiger partial charge in [0.1, 0.15) is 0 Å². The van der Waals surface area contributed by atoms with E-state index in [4.69, 9.17) is 0 Å². The third kappa shape index (κ3) is 7.18. The molecule has 0 heterocycles. The molecule has 0 saturated heterocycles. The van der Waals surface area contributed by atoms with E-state index in [2.05, 4.69) is 63.1 Å². The zero-order valence-electron chi connectivity index (χ0n) is 7.14. The molecule has 0 amide bonds. The molecule has 12 heavy (non-hydrogen) atoms. The van der Waals surface area contributed by atoms with Gasteiger partial charge < -0.3 is 0 Å². The van der Waals surface area contributed by atoms with Crippen LogP contribution in [0, 0.1) is 11.2 Å². The lowest BCUT2D eigenvalue weighted by Crippen LogP contribution is -2.29. The molecule has 0 atom stereocenters. The Hall–Kier alpha value is 1.75. The molecule has 0 fully saturated rings. The van der Waals surface area contributed by atoms with Gasteiger partial charge in [0.2, 0.25) is 0 Å². The van der Waals surface area contributed by atoms with Gasteiger partial charge in [-0.2, -0.15) is 63.1 Å². The first-order valence-corrected chi connectivity index (χ1v) is 6.56. The van der Waals surface area contributed by atoms with Crippen molar-refractivity contribution in [2.45, 2.75) is 6.92 Å². The first kappa shape index (κ1) is 16.2. The largest absolute Gasteiger partial charge is 0.179 e. The molecule has 5 heteroatoms. The van der Waals surface area contributed by atoms with Crippen LogP contribution in [-0.4, -0.2) is 23.0 Å². The van der Waals surface area contributed by atoms with Crippen molar-refractivity contribution in [1.82, 2.24) is 0 Å². The van der Waals surface area contributed by atoms with Crippen molar-refractivity contribution in [2.75, 3.05) is 23.0 Å². The molecule has 0 unspecified atom stereocenters. The van der Waals surface area contributed by atoms with Crippen LogP contribution in [0.5, 0.6) is 0 Å². The minimum absolute atomic E-state index is 0.123. The lowest BCUT2D eigenvalue weighted by molar-refractivity contribution is 0.522. The summed E-state index contributed by atoms with van der Waals surface area (Å²) in [5.41, 5.74) is 0.123. The number of hydrogen-bond donors (Lipinski definition) is 5. The lowest BCUT2D eigenvalue weighted by atomic mass is 9.99. The monoisotopic (exact) mass is 261 g/mol. The highest BCUT2D eigenvalue weighted by molar-refractivity contribution is 7.83. The van der Waals surface area contributed by atoms with Crippen LogP contribution in [0.2, 0.25) is 0 Å². The summed E-state index contributed by atoms with van der Waals surface area (Å²) in [6.45, 7) is 1.86. The Morgan fingerprint density at radius 1 is 0.917 bits per heavy atom. The fourth-order valence-corrected chi connectivity index (χ4v) is 2.70. The van der Waals surface area contributed by atoms with E-state index in [1.165, 1.54) is 0 Å². The van der Waals surface area contributed by atoms with Crippen LogP contribution in [0.15, 0.2) is 0 Å². The molecule has 0 aliphatic rings. The summed E-state index contributed by atoms with van der Waals surface area (Å²) in [4.78, 5) is 0. The minimum atomic E-state index is 0.123. The van der Waals surface area contributed by atoms with E-state index in [0.717, 1.165) is 23.0 Å². The molecule has 1 radical (unpaired) electrons. The van der Waals surface area contributed by atoms with Gasteiger partial charge in [-0.3, -0.25) is 0 Å². The van der Waals surface area contributed by atoms with E-state index >= 15 is 0 Å². The summed E-state index contributed by atoms with van der Waals surface area (Å²) < 4.78 is 0. The van der Waals surface area contributed by atoms with Gasteiger partial charge in [-0.1, -0.05) is 6.92 Å². The molecular formula is C7H17S5. The smallest absolute Gasteiger partial charge is 0.0102 e. The summed E-state index contributed by atoms with van der Waals surface area (Å²) in [6, 6.07) is 0. The van der Waals surface area contributed by atoms with Crippen LogP contribution in [-0.2, 0) is 0 Å². The lowest BCUT2D eigenvalue weighted by Gasteiger charge is -2.25. The third-order valence-corrected chi connectivity index (χ3v) is 4.02. The van der Waals surface area contributed by atoms with Gasteiger partial charge in [0.25, 0.3) is 0 Å². The molecule has 0 N–H and O–H groups in total. The van der Waals surface area contributed by atoms with E-state index in [0.29, 0.717) is 0 Å². The molecule has 0 aromatic heterocycles. The van der Waals surface area contributed by atoms with E-state index in [9.17, 15) is 0 Å². The first-order valence-electron chi connectivity index (χ1n) is 3.51. The van der Waals surface area contributed by atoms with Crippen molar-refractivity contribution < 1.29 is 0 Å².